The zero-order valence-electron chi connectivity index (χ0n) is 10.8. The molecule has 6 heteroatoms. The van der Waals surface area contributed by atoms with E-state index in [0.717, 1.165) is 19.5 Å². The third-order valence-corrected chi connectivity index (χ3v) is 3.90. The molecule has 3 unspecified atom stereocenters. The lowest BCUT2D eigenvalue weighted by Crippen LogP contribution is -2.44. The molecule has 6 nitrogen and oxygen atoms in total. The number of hydrogen-bond donors (Lipinski definition) is 1. The number of rotatable bonds is 3. The molecule has 0 aliphatic carbocycles. The van der Waals surface area contributed by atoms with Gasteiger partial charge in [-0.15, -0.1) is 0 Å². The summed E-state index contributed by atoms with van der Waals surface area (Å²) in [7, 11) is 3.53. The van der Waals surface area contributed by atoms with Crippen molar-refractivity contribution in [3.8, 4) is 0 Å². The number of methoxy groups -OCH3 is 1. The van der Waals surface area contributed by atoms with Gasteiger partial charge < -0.3 is 19.6 Å². The highest BCUT2D eigenvalue weighted by molar-refractivity contribution is 5.86. The number of carbonyl (C=O) groups excluding carboxylic acids is 1. The van der Waals surface area contributed by atoms with Crippen molar-refractivity contribution in [1.82, 2.24) is 9.80 Å². The maximum Gasteiger partial charge on any atom is 0.326 e. The number of carboxylic acid groups (broad SMARTS) is 1. The van der Waals surface area contributed by atoms with E-state index >= 15 is 0 Å². The van der Waals surface area contributed by atoms with Crippen molar-refractivity contribution in [3.05, 3.63) is 0 Å². The number of ether oxygens (including phenoxy) is 1. The fraction of sp³-hybridized carbons (Fsp3) is 0.833. The van der Waals surface area contributed by atoms with Crippen LogP contribution in [-0.2, 0) is 14.3 Å². The van der Waals surface area contributed by atoms with Gasteiger partial charge in [0.2, 0.25) is 5.91 Å². The average molecular weight is 256 g/mol. The smallest absolute Gasteiger partial charge is 0.326 e. The SMILES string of the molecule is COC1CC(C(=O)O)N(C(=O)C2CCN(C)C2)C1. The predicted molar refractivity (Wildman–Crippen MR) is 64.2 cm³/mol. The van der Waals surface area contributed by atoms with Crippen LogP contribution in [0, 0.1) is 5.92 Å². The molecular formula is C12H20N2O4. The lowest BCUT2D eigenvalue weighted by molar-refractivity contribution is -0.149. The predicted octanol–water partition coefficient (Wildman–Crippen LogP) is -0.361. The third kappa shape index (κ3) is 2.49. The molecule has 102 valence electrons. The van der Waals surface area contributed by atoms with Crippen molar-refractivity contribution >= 4 is 11.9 Å². The van der Waals surface area contributed by atoms with Crippen molar-refractivity contribution in [1.29, 1.82) is 0 Å². The molecule has 0 aromatic heterocycles. The van der Waals surface area contributed by atoms with Crippen molar-refractivity contribution in [2.75, 3.05) is 33.8 Å². The summed E-state index contributed by atoms with van der Waals surface area (Å²) < 4.78 is 5.19. The van der Waals surface area contributed by atoms with Gasteiger partial charge in [0.05, 0.1) is 12.0 Å². The lowest BCUT2D eigenvalue weighted by atomic mass is 10.1. The molecule has 18 heavy (non-hydrogen) atoms. The zero-order valence-corrected chi connectivity index (χ0v) is 10.8. The van der Waals surface area contributed by atoms with Gasteiger partial charge in [-0.2, -0.15) is 0 Å². The summed E-state index contributed by atoms with van der Waals surface area (Å²) in [5.74, 6) is -1.03. The van der Waals surface area contributed by atoms with Crippen molar-refractivity contribution in [2.45, 2.75) is 25.0 Å². The standard InChI is InChI=1S/C12H20N2O4/c1-13-4-3-8(6-13)11(15)14-7-9(18-2)5-10(14)12(16)17/h8-10H,3-7H2,1-2H3,(H,16,17). The van der Waals surface area contributed by atoms with Gasteiger partial charge >= 0.3 is 5.97 Å². The van der Waals surface area contributed by atoms with Crippen LogP contribution >= 0.6 is 0 Å². The lowest BCUT2D eigenvalue weighted by Gasteiger charge is -2.24. The van der Waals surface area contributed by atoms with Gasteiger partial charge in [0, 0.05) is 26.6 Å². The number of likely N-dealkylation sites (tertiary alicyclic amines) is 2. The summed E-state index contributed by atoms with van der Waals surface area (Å²) in [6.07, 6.45) is 1.05. The van der Waals surface area contributed by atoms with Gasteiger partial charge in [-0.3, -0.25) is 4.79 Å². The number of aliphatic carboxylic acids is 1. The Balaban J connectivity index is 2.05. The minimum absolute atomic E-state index is 0.0358. The average Bonchev–Trinajstić information content (AvgIpc) is 2.93. The van der Waals surface area contributed by atoms with E-state index in [0.29, 0.717) is 13.0 Å². The van der Waals surface area contributed by atoms with Crippen molar-refractivity contribution in [3.63, 3.8) is 0 Å². The molecule has 0 saturated carbocycles. The van der Waals surface area contributed by atoms with Crippen LogP contribution in [0.3, 0.4) is 0 Å². The van der Waals surface area contributed by atoms with Crippen LogP contribution in [0.4, 0.5) is 0 Å². The van der Waals surface area contributed by atoms with Crippen LogP contribution in [0.25, 0.3) is 0 Å². The van der Waals surface area contributed by atoms with Crippen LogP contribution in [-0.4, -0.2) is 72.7 Å². The van der Waals surface area contributed by atoms with Gasteiger partial charge in [0.15, 0.2) is 0 Å². The number of nitrogens with zero attached hydrogens (tertiary/aromatic N) is 2. The highest BCUT2D eigenvalue weighted by atomic mass is 16.5. The Morgan fingerprint density at radius 3 is 2.56 bits per heavy atom. The Kier molecular flexibility index (Phi) is 3.87. The van der Waals surface area contributed by atoms with Gasteiger partial charge in [-0.25, -0.2) is 4.79 Å². The first-order valence-corrected chi connectivity index (χ1v) is 6.27. The molecule has 0 aromatic rings. The van der Waals surface area contributed by atoms with Crippen LogP contribution in [0.5, 0.6) is 0 Å². The van der Waals surface area contributed by atoms with E-state index in [1.54, 1.807) is 7.11 Å². The van der Waals surface area contributed by atoms with E-state index in [9.17, 15) is 14.7 Å². The van der Waals surface area contributed by atoms with Crippen LogP contribution in [0.2, 0.25) is 0 Å². The Bertz CT molecular complexity index is 347. The highest BCUT2D eigenvalue weighted by Crippen LogP contribution is 2.25. The van der Waals surface area contributed by atoms with Gasteiger partial charge in [-0.05, 0) is 20.0 Å². The molecule has 0 aromatic carbocycles. The molecule has 2 rings (SSSR count). The van der Waals surface area contributed by atoms with E-state index in [4.69, 9.17) is 4.74 Å². The Hall–Kier alpha value is -1.14. The molecule has 2 heterocycles. The Labute approximate surface area is 106 Å². The van der Waals surface area contributed by atoms with Gasteiger partial charge in [0.25, 0.3) is 0 Å². The van der Waals surface area contributed by atoms with Crippen LogP contribution < -0.4 is 0 Å². The second kappa shape index (κ2) is 5.24. The topological polar surface area (TPSA) is 70.1 Å². The summed E-state index contributed by atoms with van der Waals surface area (Å²) in [5.41, 5.74) is 0. The molecule has 1 N–H and O–H groups in total. The molecule has 2 saturated heterocycles. The minimum Gasteiger partial charge on any atom is -0.480 e. The fourth-order valence-electron chi connectivity index (χ4n) is 2.82. The first-order valence-electron chi connectivity index (χ1n) is 6.27. The molecule has 2 aliphatic heterocycles. The van der Waals surface area contributed by atoms with E-state index in [-0.39, 0.29) is 17.9 Å². The zero-order chi connectivity index (χ0) is 13.3. The normalized spacial score (nSPS) is 33.0. The van der Waals surface area contributed by atoms with Gasteiger partial charge in [0.1, 0.15) is 6.04 Å². The molecule has 0 radical (unpaired) electrons. The van der Waals surface area contributed by atoms with E-state index in [1.807, 2.05) is 7.05 Å². The summed E-state index contributed by atoms with van der Waals surface area (Å²) >= 11 is 0. The number of amides is 1. The highest BCUT2D eigenvalue weighted by Gasteiger charge is 2.42. The minimum atomic E-state index is -0.936. The Morgan fingerprint density at radius 2 is 2.06 bits per heavy atom. The van der Waals surface area contributed by atoms with E-state index < -0.39 is 12.0 Å². The Morgan fingerprint density at radius 1 is 1.33 bits per heavy atom. The first-order chi connectivity index (χ1) is 8.52. The molecule has 0 spiro atoms. The molecule has 0 bridgehead atoms. The molecule has 1 amide bonds. The number of hydrogen-bond acceptors (Lipinski definition) is 4. The fourth-order valence-corrected chi connectivity index (χ4v) is 2.82. The van der Waals surface area contributed by atoms with E-state index in [1.165, 1.54) is 4.90 Å². The maximum atomic E-state index is 12.3. The third-order valence-electron chi connectivity index (χ3n) is 3.90. The number of carbonyl (C=O) groups is 2. The number of carboxylic acids is 1. The molecule has 2 fully saturated rings. The maximum absolute atomic E-state index is 12.3. The second-order valence-corrected chi connectivity index (χ2v) is 5.19. The quantitative estimate of drug-likeness (QED) is 0.746. The largest absolute Gasteiger partial charge is 0.480 e. The summed E-state index contributed by atoms with van der Waals surface area (Å²) in [5, 5.41) is 9.18. The monoisotopic (exact) mass is 256 g/mol. The van der Waals surface area contributed by atoms with Crippen LogP contribution in [0.1, 0.15) is 12.8 Å². The van der Waals surface area contributed by atoms with Gasteiger partial charge in [-0.1, -0.05) is 0 Å². The summed E-state index contributed by atoms with van der Waals surface area (Å²) in [4.78, 5) is 27.1. The second-order valence-electron chi connectivity index (χ2n) is 5.19. The molecule has 3 atom stereocenters. The molecular weight excluding hydrogens is 236 g/mol. The van der Waals surface area contributed by atoms with Crippen molar-refractivity contribution < 1.29 is 19.4 Å². The molecule has 2 aliphatic rings. The van der Waals surface area contributed by atoms with Crippen molar-refractivity contribution in [2.24, 2.45) is 5.92 Å². The first kappa shape index (κ1) is 13.3. The van der Waals surface area contributed by atoms with Crippen LogP contribution in [0.15, 0.2) is 0 Å². The summed E-state index contributed by atoms with van der Waals surface area (Å²) in [6.45, 7) is 2.02. The van der Waals surface area contributed by atoms with E-state index in [2.05, 4.69) is 4.90 Å². The summed E-state index contributed by atoms with van der Waals surface area (Å²) in [6, 6.07) is -0.728.